The molecule has 0 aliphatic carbocycles. The Bertz CT molecular complexity index is 504. The van der Waals surface area contributed by atoms with Crippen LogP contribution in [0.3, 0.4) is 0 Å². The molecule has 1 amide bonds. The van der Waals surface area contributed by atoms with Gasteiger partial charge in [-0.05, 0) is 31.4 Å². The number of benzene rings is 1. The molecular weight excluding hydrogens is 274 g/mol. The maximum absolute atomic E-state index is 12.3. The third-order valence-corrected chi connectivity index (χ3v) is 4.65. The number of carbonyl (C=O) groups excluding carboxylic acids is 2. The second kappa shape index (κ2) is 6.79. The second-order valence-electron chi connectivity index (χ2n) is 4.82. The molecule has 0 radical (unpaired) electrons. The summed E-state index contributed by atoms with van der Waals surface area (Å²) in [6.45, 7) is 2.67. The Labute approximate surface area is 123 Å². The van der Waals surface area contributed by atoms with E-state index < -0.39 is 6.04 Å². The maximum Gasteiger partial charge on any atom is 0.328 e. The minimum absolute atomic E-state index is 0.00570. The SMILES string of the molecule is COC(=O)C1CCCN1C(=O)CSc1ccccc1C. The van der Waals surface area contributed by atoms with Crippen LogP contribution in [-0.2, 0) is 14.3 Å². The average molecular weight is 293 g/mol. The third kappa shape index (κ3) is 3.33. The monoisotopic (exact) mass is 293 g/mol. The number of hydrogen-bond donors (Lipinski definition) is 0. The van der Waals surface area contributed by atoms with Gasteiger partial charge in [0.25, 0.3) is 0 Å². The van der Waals surface area contributed by atoms with Crippen molar-refractivity contribution in [3.63, 3.8) is 0 Å². The molecule has 20 heavy (non-hydrogen) atoms. The molecule has 1 atom stereocenters. The summed E-state index contributed by atoms with van der Waals surface area (Å²) in [5.41, 5.74) is 1.16. The number of nitrogens with zero attached hydrogens (tertiary/aromatic N) is 1. The zero-order valence-corrected chi connectivity index (χ0v) is 12.6. The van der Waals surface area contributed by atoms with E-state index in [9.17, 15) is 9.59 Å². The zero-order chi connectivity index (χ0) is 14.5. The van der Waals surface area contributed by atoms with Crippen LogP contribution in [-0.4, -0.2) is 42.2 Å². The van der Waals surface area contributed by atoms with Crippen LogP contribution in [0.1, 0.15) is 18.4 Å². The summed E-state index contributed by atoms with van der Waals surface area (Å²) in [5, 5.41) is 0. The van der Waals surface area contributed by atoms with Crippen molar-refractivity contribution >= 4 is 23.6 Å². The zero-order valence-electron chi connectivity index (χ0n) is 11.8. The van der Waals surface area contributed by atoms with Crippen LogP contribution in [0.15, 0.2) is 29.2 Å². The highest BCUT2D eigenvalue weighted by Crippen LogP contribution is 2.24. The fourth-order valence-electron chi connectivity index (χ4n) is 2.39. The lowest BCUT2D eigenvalue weighted by Gasteiger charge is -2.22. The van der Waals surface area contributed by atoms with Gasteiger partial charge < -0.3 is 9.64 Å². The Hall–Kier alpha value is -1.49. The Balaban J connectivity index is 1.95. The van der Waals surface area contributed by atoms with E-state index in [0.29, 0.717) is 18.7 Å². The van der Waals surface area contributed by atoms with Gasteiger partial charge in [-0.1, -0.05) is 18.2 Å². The lowest BCUT2D eigenvalue weighted by molar-refractivity contribution is -0.150. The summed E-state index contributed by atoms with van der Waals surface area (Å²) in [5.74, 6) is 0.0566. The van der Waals surface area contributed by atoms with Crippen molar-refractivity contribution in [2.24, 2.45) is 0 Å². The minimum Gasteiger partial charge on any atom is -0.467 e. The number of methoxy groups -OCH3 is 1. The van der Waals surface area contributed by atoms with Gasteiger partial charge in [0, 0.05) is 11.4 Å². The first-order chi connectivity index (χ1) is 9.63. The fourth-order valence-corrected chi connectivity index (χ4v) is 3.30. The molecule has 1 aromatic rings. The third-order valence-electron chi connectivity index (χ3n) is 3.49. The number of hydrogen-bond acceptors (Lipinski definition) is 4. The normalized spacial score (nSPS) is 18.1. The van der Waals surface area contributed by atoms with E-state index in [-0.39, 0.29) is 11.9 Å². The van der Waals surface area contributed by atoms with Gasteiger partial charge in [-0.2, -0.15) is 0 Å². The molecule has 1 heterocycles. The van der Waals surface area contributed by atoms with Crippen molar-refractivity contribution in [1.82, 2.24) is 4.90 Å². The molecule has 4 nitrogen and oxygen atoms in total. The first-order valence-corrected chi connectivity index (χ1v) is 7.67. The van der Waals surface area contributed by atoms with Crippen LogP contribution in [0.25, 0.3) is 0 Å². The van der Waals surface area contributed by atoms with Gasteiger partial charge in [-0.3, -0.25) is 4.79 Å². The van der Waals surface area contributed by atoms with E-state index in [2.05, 4.69) is 0 Å². The molecule has 1 saturated heterocycles. The number of thioether (sulfide) groups is 1. The van der Waals surface area contributed by atoms with Crippen molar-refractivity contribution in [1.29, 1.82) is 0 Å². The predicted octanol–water partition coefficient (Wildman–Crippen LogP) is 2.25. The summed E-state index contributed by atoms with van der Waals surface area (Å²) in [7, 11) is 1.37. The fraction of sp³-hybridized carbons (Fsp3) is 0.467. The van der Waals surface area contributed by atoms with Gasteiger partial charge >= 0.3 is 5.97 Å². The lowest BCUT2D eigenvalue weighted by atomic mass is 10.2. The first-order valence-electron chi connectivity index (χ1n) is 6.69. The van der Waals surface area contributed by atoms with Crippen LogP contribution in [0.2, 0.25) is 0 Å². The van der Waals surface area contributed by atoms with Crippen LogP contribution in [0.4, 0.5) is 0 Å². The molecule has 0 spiro atoms. The van der Waals surface area contributed by atoms with E-state index >= 15 is 0 Å². The second-order valence-corrected chi connectivity index (χ2v) is 5.84. The number of aryl methyl sites for hydroxylation is 1. The van der Waals surface area contributed by atoms with Gasteiger partial charge in [-0.15, -0.1) is 11.8 Å². The number of ether oxygens (including phenoxy) is 1. The smallest absolute Gasteiger partial charge is 0.328 e. The molecule has 0 bridgehead atoms. The first kappa shape index (κ1) is 14.9. The van der Waals surface area contributed by atoms with Crippen LogP contribution >= 0.6 is 11.8 Å². The summed E-state index contributed by atoms with van der Waals surface area (Å²) in [6, 6.07) is 7.58. The standard InChI is InChI=1S/C15H19NO3S/c1-11-6-3-4-8-13(11)20-10-14(17)16-9-5-7-12(16)15(18)19-2/h3-4,6,8,12H,5,7,9-10H2,1-2H3. The highest BCUT2D eigenvalue weighted by Gasteiger charge is 2.34. The van der Waals surface area contributed by atoms with Gasteiger partial charge in [0.1, 0.15) is 6.04 Å². The number of likely N-dealkylation sites (tertiary alicyclic amines) is 1. The maximum atomic E-state index is 12.3. The van der Waals surface area contributed by atoms with E-state index in [1.54, 1.807) is 4.90 Å². The van der Waals surface area contributed by atoms with Crippen molar-refractivity contribution < 1.29 is 14.3 Å². The minimum atomic E-state index is -0.398. The topological polar surface area (TPSA) is 46.6 Å². The van der Waals surface area contributed by atoms with Gasteiger partial charge in [0.2, 0.25) is 5.91 Å². The molecule has 1 fully saturated rings. The molecule has 108 valence electrons. The molecule has 1 unspecified atom stereocenters. The molecule has 0 N–H and O–H groups in total. The highest BCUT2D eigenvalue weighted by atomic mass is 32.2. The van der Waals surface area contributed by atoms with Crippen molar-refractivity contribution in [3.8, 4) is 0 Å². The van der Waals surface area contributed by atoms with Crippen molar-refractivity contribution in [3.05, 3.63) is 29.8 Å². The van der Waals surface area contributed by atoms with E-state index in [1.807, 2.05) is 31.2 Å². The molecule has 1 aromatic carbocycles. The molecule has 0 saturated carbocycles. The number of carbonyl (C=O) groups is 2. The number of esters is 1. The van der Waals surface area contributed by atoms with Crippen LogP contribution in [0.5, 0.6) is 0 Å². The Morgan fingerprint density at radius 1 is 1.40 bits per heavy atom. The van der Waals surface area contributed by atoms with Crippen molar-refractivity contribution in [2.45, 2.75) is 30.7 Å². The highest BCUT2D eigenvalue weighted by molar-refractivity contribution is 8.00. The molecule has 1 aliphatic rings. The van der Waals surface area contributed by atoms with Gasteiger partial charge in [0.05, 0.1) is 12.9 Å². The Morgan fingerprint density at radius 2 is 2.15 bits per heavy atom. The summed E-state index contributed by atoms with van der Waals surface area (Å²) >= 11 is 1.52. The Kier molecular flexibility index (Phi) is 5.06. The molecule has 5 heteroatoms. The largest absolute Gasteiger partial charge is 0.467 e. The molecule has 2 rings (SSSR count). The molecular formula is C15H19NO3S. The quantitative estimate of drug-likeness (QED) is 0.631. The van der Waals surface area contributed by atoms with E-state index in [1.165, 1.54) is 18.9 Å². The predicted molar refractivity (Wildman–Crippen MR) is 78.7 cm³/mol. The summed E-state index contributed by atoms with van der Waals surface area (Å²) in [4.78, 5) is 26.6. The summed E-state index contributed by atoms with van der Waals surface area (Å²) < 4.78 is 4.76. The van der Waals surface area contributed by atoms with Gasteiger partial charge in [0.15, 0.2) is 0 Å². The molecule has 1 aliphatic heterocycles. The van der Waals surface area contributed by atoms with E-state index in [0.717, 1.165) is 16.9 Å². The average Bonchev–Trinajstić information content (AvgIpc) is 2.94. The van der Waals surface area contributed by atoms with E-state index in [4.69, 9.17) is 4.74 Å². The molecule has 0 aromatic heterocycles. The Morgan fingerprint density at radius 3 is 2.85 bits per heavy atom. The van der Waals surface area contributed by atoms with Crippen LogP contribution in [0, 0.1) is 6.92 Å². The summed E-state index contributed by atoms with van der Waals surface area (Å²) in [6.07, 6.45) is 1.56. The number of amides is 1. The number of rotatable bonds is 4. The van der Waals surface area contributed by atoms with Crippen molar-refractivity contribution in [2.75, 3.05) is 19.4 Å². The van der Waals surface area contributed by atoms with Crippen LogP contribution < -0.4 is 0 Å². The lowest BCUT2D eigenvalue weighted by Crippen LogP contribution is -2.41. The van der Waals surface area contributed by atoms with Gasteiger partial charge in [-0.25, -0.2) is 4.79 Å².